The number of hydrogen-bond acceptors (Lipinski definition) is 5. The Hall–Kier alpha value is -2.67. The zero-order valence-electron chi connectivity index (χ0n) is 13.6. The lowest BCUT2D eigenvalue weighted by atomic mass is 10.1. The summed E-state index contributed by atoms with van der Waals surface area (Å²) in [5, 5.41) is 0. The van der Waals surface area contributed by atoms with Crippen LogP contribution in [0.25, 0.3) is 0 Å². The second-order valence-electron chi connectivity index (χ2n) is 5.84. The molecule has 2 aromatic carbocycles. The Balaban J connectivity index is 1.79. The third-order valence-electron chi connectivity index (χ3n) is 3.93. The molecule has 1 saturated carbocycles. The van der Waals surface area contributed by atoms with Gasteiger partial charge in [-0.3, -0.25) is 9.52 Å². The molecule has 2 aromatic rings. The smallest absolute Gasteiger partial charge is 0.337 e. The van der Waals surface area contributed by atoms with Gasteiger partial charge in [0.1, 0.15) is 0 Å². The number of nitrogens with one attached hydrogen (secondary N) is 1. The van der Waals surface area contributed by atoms with E-state index in [2.05, 4.69) is 9.46 Å². The maximum atomic E-state index is 12.5. The number of ketones is 1. The Morgan fingerprint density at radius 3 is 2.32 bits per heavy atom. The van der Waals surface area contributed by atoms with E-state index in [0.29, 0.717) is 5.56 Å². The predicted molar refractivity (Wildman–Crippen MR) is 92.1 cm³/mol. The molecule has 0 spiro atoms. The molecule has 0 heterocycles. The Labute approximate surface area is 145 Å². The molecular formula is C18H17NO5S. The third kappa shape index (κ3) is 3.88. The van der Waals surface area contributed by atoms with E-state index in [1.54, 1.807) is 6.07 Å². The molecule has 130 valence electrons. The van der Waals surface area contributed by atoms with Gasteiger partial charge in [-0.05, 0) is 43.2 Å². The summed E-state index contributed by atoms with van der Waals surface area (Å²) in [6.45, 7) is 0. The summed E-state index contributed by atoms with van der Waals surface area (Å²) >= 11 is 0. The average molecular weight is 359 g/mol. The normalized spacial score (nSPS) is 14.0. The van der Waals surface area contributed by atoms with Crippen molar-refractivity contribution < 1.29 is 22.7 Å². The zero-order chi connectivity index (χ0) is 18.0. The molecule has 0 saturated heterocycles. The molecule has 0 amide bonds. The van der Waals surface area contributed by atoms with Crippen molar-refractivity contribution in [2.75, 3.05) is 11.8 Å². The number of carbonyl (C=O) groups is 2. The molecule has 25 heavy (non-hydrogen) atoms. The van der Waals surface area contributed by atoms with Crippen LogP contribution < -0.4 is 4.72 Å². The Bertz CT molecular complexity index is 915. The molecule has 1 N–H and O–H groups in total. The van der Waals surface area contributed by atoms with Crippen LogP contribution in [0.15, 0.2) is 53.4 Å². The summed E-state index contributed by atoms with van der Waals surface area (Å²) in [6.07, 6.45) is 1.80. The summed E-state index contributed by atoms with van der Waals surface area (Å²) in [7, 11) is -2.57. The minimum atomic E-state index is -3.82. The number of rotatable bonds is 6. The van der Waals surface area contributed by atoms with E-state index in [4.69, 9.17) is 0 Å². The van der Waals surface area contributed by atoms with Crippen LogP contribution in [-0.2, 0) is 14.8 Å². The van der Waals surface area contributed by atoms with Crippen LogP contribution in [0.2, 0.25) is 0 Å². The molecule has 0 atom stereocenters. The van der Waals surface area contributed by atoms with Gasteiger partial charge in [0, 0.05) is 17.2 Å². The molecule has 1 aliphatic rings. The number of Topliss-reactive ketones (excluding diaryl/α,β-unsaturated/α-hetero) is 1. The standard InChI is InChI=1S/C18H17NO5S/c1-24-18(21)14-3-2-4-15(11-14)19-25(22,23)16-9-7-13(8-10-16)17(20)12-5-6-12/h2-4,7-12,19H,5-6H2,1H3. The first-order valence-corrected chi connectivity index (χ1v) is 9.24. The highest BCUT2D eigenvalue weighted by Gasteiger charge is 2.30. The highest BCUT2D eigenvalue weighted by atomic mass is 32.2. The highest BCUT2D eigenvalue weighted by molar-refractivity contribution is 7.92. The summed E-state index contributed by atoms with van der Waals surface area (Å²) in [5.74, 6) is -0.409. The first-order chi connectivity index (χ1) is 11.9. The van der Waals surface area contributed by atoms with Crippen molar-refractivity contribution in [2.45, 2.75) is 17.7 Å². The van der Waals surface area contributed by atoms with Crippen molar-refractivity contribution in [1.82, 2.24) is 0 Å². The van der Waals surface area contributed by atoms with Gasteiger partial charge in [-0.1, -0.05) is 18.2 Å². The number of ether oxygens (including phenoxy) is 1. The monoisotopic (exact) mass is 359 g/mol. The van der Waals surface area contributed by atoms with E-state index in [0.717, 1.165) is 12.8 Å². The van der Waals surface area contributed by atoms with E-state index < -0.39 is 16.0 Å². The van der Waals surface area contributed by atoms with Crippen molar-refractivity contribution in [1.29, 1.82) is 0 Å². The SMILES string of the molecule is COC(=O)c1cccc(NS(=O)(=O)c2ccc(C(=O)C3CC3)cc2)c1. The van der Waals surface area contributed by atoms with Gasteiger partial charge in [-0.25, -0.2) is 13.2 Å². The number of anilines is 1. The molecule has 1 aliphatic carbocycles. The van der Waals surface area contributed by atoms with Crippen molar-refractivity contribution in [3.8, 4) is 0 Å². The molecule has 6 nitrogen and oxygen atoms in total. The lowest BCUT2D eigenvalue weighted by molar-refractivity contribution is 0.0600. The van der Waals surface area contributed by atoms with Crippen LogP contribution in [-0.4, -0.2) is 27.3 Å². The summed E-state index contributed by atoms with van der Waals surface area (Å²) in [5.41, 5.74) is 1.02. The largest absolute Gasteiger partial charge is 0.465 e. The van der Waals surface area contributed by atoms with Crippen LogP contribution >= 0.6 is 0 Å². The van der Waals surface area contributed by atoms with Gasteiger partial charge in [-0.2, -0.15) is 0 Å². The summed E-state index contributed by atoms with van der Waals surface area (Å²) in [6, 6.07) is 11.9. The first-order valence-electron chi connectivity index (χ1n) is 7.76. The van der Waals surface area contributed by atoms with Gasteiger partial charge in [0.2, 0.25) is 0 Å². The lowest BCUT2D eigenvalue weighted by Crippen LogP contribution is -2.14. The zero-order valence-corrected chi connectivity index (χ0v) is 14.4. The third-order valence-corrected chi connectivity index (χ3v) is 5.33. The first kappa shape index (κ1) is 17.2. The number of hydrogen-bond donors (Lipinski definition) is 1. The minimum Gasteiger partial charge on any atom is -0.465 e. The fourth-order valence-electron chi connectivity index (χ4n) is 2.42. The van der Waals surface area contributed by atoms with Gasteiger partial charge in [0.15, 0.2) is 5.78 Å². The van der Waals surface area contributed by atoms with E-state index in [9.17, 15) is 18.0 Å². The number of methoxy groups -OCH3 is 1. The van der Waals surface area contributed by atoms with Gasteiger partial charge >= 0.3 is 5.97 Å². The van der Waals surface area contributed by atoms with Crippen molar-refractivity contribution in [3.05, 3.63) is 59.7 Å². The molecule has 1 fully saturated rings. The summed E-state index contributed by atoms with van der Waals surface area (Å²) < 4.78 is 32.0. The maximum Gasteiger partial charge on any atom is 0.337 e. The van der Waals surface area contributed by atoms with Crippen LogP contribution in [0.5, 0.6) is 0 Å². The van der Waals surface area contributed by atoms with Crippen molar-refractivity contribution in [2.24, 2.45) is 5.92 Å². The molecule has 7 heteroatoms. The van der Waals surface area contributed by atoms with Crippen molar-refractivity contribution in [3.63, 3.8) is 0 Å². The second-order valence-corrected chi connectivity index (χ2v) is 7.52. The van der Waals surface area contributed by atoms with Crippen LogP contribution in [0, 0.1) is 5.92 Å². The average Bonchev–Trinajstić information content (AvgIpc) is 3.45. The Morgan fingerprint density at radius 2 is 1.72 bits per heavy atom. The molecule has 0 aliphatic heterocycles. The van der Waals surface area contributed by atoms with E-state index in [-0.39, 0.29) is 27.8 Å². The van der Waals surface area contributed by atoms with E-state index in [1.165, 1.54) is 49.6 Å². The topological polar surface area (TPSA) is 89.5 Å². The second kappa shape index (κ2) is 6.68. The quantitative estimate of drug-likeness (QED) is 0.633. The van der Waals surface area contributed by atoms with Gasteiger partial charge in [0.25, 0.3) is 10.0 Å². The number of sulfonamides is 1. The highest BCUT2D eigenvalue weighted by Crippen LogP contribution is 2.32. The molecule has 0 unspecified atom stereocenters. The Kier molecular flexibility index (Phi) is 4.59. The van der Waals surface area contributed by atoms with E-state index in [1.807, 2.05) is 0 Å². The molecular weight excluding hydrogens is 342 g/mol. The summed E-state index contributed by atoms with van der Waals surface area (Å²) in [4.78, 5) is 23.6. The number of esters is 1. The number of benzene rings is 2. The molecule has 3 rings (SSSR count). The van der Waals surface area contributed by atoms with Crippen molar-refractivity contribution >= 4 is 27.5 Å². The number of carbonyl (C=O) groups excluding carboxylic acids is 2. The van der Waals surface area contributed by atoms with Gasteiger partial charge < -0.3 is 4.74 Å². The predicted octanol–water partition coefficient (Wildman–Crippen LogP) is 2.87. The van der Waals surface area contributed by atoms with Gasteiger partial charge in [-0.15, -0.1) is 0 Å². The minimum absolute atomic E-state index is 0.0447. The van der Waals surface area contributed by atoms with E-state index >= 15 is 0 Å². The fraction of sp³-hybridized carbons (Fsp3) is 0.222. The maximum absolute atomic E-state index is 12.5. The molecule has 0 aromatic heterocycles. The van der Waals surface area contributed by atoms with Crippen LogP contribution in [0.3, 0.4) is 0 Å². The molecule has 0 bridgehead atoms. The fourth-order valence-corrected chi connectivity index (χ4v) is 3.47. The lowest BCUT2D eigenvalue weighted by Gasteiger charge is -2.09. The Morgan fingerprint density at radius 1 is 1.04 bits per heavy atom. The molecule has 0 radical (unpaired) electrons. The van der Waals surface area contributed by atoms with Crippen LogP contribution in [0.4, 0.5) is 5.69 Å². The van der Waals surface area contributed by atoms with Gasteiger partial charge in [0.05, 0.1) is 17.6 Å². The van der Waals surface area contributed by atoms with Crippen LogP contribution in [0.1, 0.15) is 33.6 Å².